The molecule has 1 aromatic rings. The minimum absolute atomic E-state index is 0.0828. The first-order valence-electron chi connectivity index (χ1n) is 8.59. The molecule has 0 atom stereocenters. The van der Waals surface area contributed by atoms with E-state index in [1.807, 2.05) is 24.3 Å². The highest BCUT2D eigenvalue weighted by molar-refractivity contribution is 5.76. The molecule has 0 aliphatic carbocycles. The molecule has 6 nitrogen and oxygen atoms in total. The molecule has 2 fully saturated rings. The van der Waals surface area contributed by atoms with E-state index in [1.165, 1.54) is 0 Å². The van der Waals surface area contributed by atoms with E-state index in [2.05, 4.69) is 10.2 Å². The van der Waals surface area contributed by atoms with Gasteiger partial charge in [-0.25, -0.2) is 0 Å². The highest BCUT2D eigenvalue weighted by Gasteiger charge is 2.39. The van der Waals surface area contributed by atoms with Crippen LogP contribution in [0.5, 0.6) is 5.75 Å². The van der Waals surface area contributed by atoms with Crippen LogP contribution in [0, 0.1) is 0 Å². The van der Waals surface area contributed by atoms with Crippen molar-refractivity contribution in [3.8, 4) is 5.75 Å². The molecule has 132 valence electrons. The van der Waals surface area contributed by atoms with Crippen LogP contribution in [0.1, 0.15) is 24.8 Å². The predicted molar refractivity (Wildman–Crippen MR) is 89.8 cm³/mol. The standard InChI is InChI=1S/C18H26N2O4/c1-22-16-4-2-15(3-5-16)14-19-17(21)6-9-20-10-7-18(8-11-20)23-12-13-24-18/h2-5H,6-14H2,1H3,(H,19,21). The van der Waals surface area contributed by atoms with Gasteiger partial charge in [0.1, 0.15) is 5.75 Å². The number of hydrogen-bond donors (Lipinski definition) is 1. The third-order valence-corrected chi connectivity index (χ3v) is 4.74. The van der Waals surface area contributed by atoms with E-state index in [0.717, 1.165) is 43.8 Å². The number of hydrogen-bond acceptors (Lipinski definition) is 5. The van der Waals surface area contributed by atoms with Crippen molar-refractivity contribution in [2.45, 2.75) is 31.6 Å². The van der Waals surface area contributed by atoms with E-state index in [4.69, 9.17) is 14.2 Å². The van der Waals surface area contributed by atoms with Gasteiger partial charge in [-0.15, -0.1) is 0 Å². The fraction of sp³-hybridized carbons (Fsp3) is 0.611. The molecule has 6 heteroatoms. The molecule has 2 saturated heterocycles. The van der Waals surface area contributed by atoms with Gasteiger partial charge >= 0.3 is 0 Å². The maximum absolute atomic E-state index is 12.0. The van der Waals surface area contributed by atoms with Crippen molar-refractivity contribution in [1.82, 2.24) is 10.2 Å². The lowest BCUT2D eigenvalue weighted by atomic mass is 10.0. The number of rotatable bonds is 6. The lowest BCUT2D eigenvalue weighted by Crippen LogP contribution is -2.45. The topological polar surface area (TPSA) is 60.0 Å². The molecule has 0 unspecified atom stereocenters. The number of ether oxygens (including phenoxy) is 3. The van der Waals surface area contributed by atoms with E-state index in [0.29, 0.717) is 26.2 Å². The molecule has 1 spiro atoms. The molecule has 1 amide bonds. The summed E-state index contributed by atoms with van der Waals surface area (Å²) in [6, 6.07) is 7.73. The number of nitrogens with one attached hydrogen (secondary N) is 1. The Balaban J connectivity index is 1.33. The van der Waals surface area contributed by atoms with Crippen LogP contribution in [0.4, 0.5) is 0 Å². The van der Waals surface area contributed by atoms with Gasteiger partial charge in [0.25, 0.3) is 0 Å². The van der Waals surface area contributed by atoms with E-state index < -0.39 is 0 Å². The van der Waals surface area contributed by atoms with Gasteiger partial charge in [-0.2, -0.15) is 0 Å². The average molecular weight is 334 g/mol. The zero-order valence-electron chi connectivity index (χ0n) is 14.3. The second-order valence-corrected chi connectivity index (χ2v) is 6.32. The largest absolute Gasteiger partial charge is 0.497 e. The molecular formula is C18H26N2O4. The van der Waals surface area contributed by atoms with Crippen LogP contribution in [0.2, 0.25) is 0 Å². The van der Waals surface area contributed by atoms with Crippen molar-refractivity contribution in [2.24, 2.45) is 0 Å². The van der Waals surface area contributed by atoms with Gasteiger partial charge in [0.15, 0.2) is 5.79 Å². The molecule has 3 rings (SSSR count). The Labute approximate surface area is 143 Å². The van der Waals surface area contributed by atoms with Gasteiger partial charge in [0, 0.05) is 45.4 Å². The number of amides is 1. The fourth-order valence-electron chi connectivity index (χ4n) is 3.20. The number of carbonyl (C=O) groups excluding carboxylic acids is 1. The summed E-state index contributed by atoms with van der Waals surface area (Å²) < 4.78 is 16.6. The summed E-state index contributed by atoms with van der Waals surface area (Å²) in [5.41, 5.74) is 1.07. The first kappa shape index (κ1) is 17.2. The van der Waals surface area contributed by atoms with Gasteiger partial charge in [-0.1, -0.05) is 12.1 Å². The smallest absolute Gasteiger partial charge is 0.221 e. The Bertz CT molecular complexity index is 530. The maximum Gasteiger partial charge on any atom is 0.221 e. The summed E-state index contributed by atoms with van der Waals surface area (Å²) in [5, 5.41) is 2.97. The normalized spacial score (nSPS) is 20.2. The zero-order valence-corrected chi connectivity index (χ0v) is 14.3. The summed E-state index contributed by atoms with van der Waals surface area (Å²) in [4.78, 5) is 14.3. The Morgan fingerprint density at radius 1 is 1.21 bits per heavy atom. The minimum atomic E-state index is -0.340. The van der Waals surface area contributed by atoms with Crippen molar-refractivity contribution < 1.29 is 19.0 Å². The van der Waals surface area contributed by atoms with E-state index in [-0.39, 0.29) is 11.7 Å². The first-order valence-corrected chi connectivity index (χ1v) is 8.59. The lowest BCUT2D eigenvalue weighted by molar-refractivity contribution is -0.185. The summed E-state index contributed by atoms with van der Waals surface area (Å²) in [6.07, 6.45) is 2.30. The minimum Gasteiger partial charge on any atom is -0.497 e. The fourth-order valence-corrected chi connectivity index (χ4v) is 3.20. The van der Waals surface area contributed by atoms with Gasteiger partial charge < -0.3 is 24.4 Å². The van der Waals surface area contributed by atoms with Crippen LogP contribution in [0.15, 0.2) is 24.3 Å². The Morgan fingerprint density at radius 3 is 2.50 bits per heavy atom. The van der Waals surface area contributed by atoms with Crippen LogP contribution in [-0.4, -0.2) is 56.6 Å². The summed E-state index contributed by atoms with van der Waals surface area (Å²) in [5.74, 6) is 0.565. The van der Waals surface area contributed by atoms with Gasteiger partial charge in [-0.3, -0.25) is 4.79 Å². The SMILES string of the molecule is COc1ccc(CNC(=O)CCN2CCC3(CC2)OCCO3)cc1. The van der Waals surface area contributed by atoms with Crippen LogP contribution in [0.3, 0.4) is 0 Å². The van der Waals surface area contributed by atoms with E-state index in [1.54, 1.807) is 7.11 Å². The molecule has 0 aromatic heterocycles. The molecule has 0 radical (unpaired) electrons. The first-order chi connectivity index (χ1) is 11.7. The highest BCUT2D eigenvalue weighted by atomic mass is 16.7. The van der Waals surface area contributed by atoms with Crippen LogP contribution >= 0.6 is 0 Å². The Kier molecular flexibility index (Phi) is 5.71. The Morgan fingerprint density at radius 2 is 1.88 bits per heavy atom. The highest BCUT2D eigenvalue weighted by Crippen LogP contribution is 2.31. The number of methoxy groups -OCH3 is 1. The molecule has 0 bridgehead atoms. The van der Waals surface area contributed by atoms with E-state index in [9.17, 15) is 4.79 Å². The van der Waals surface area contributed by atoms with Crippen molar-refractivity contribution in [3.63, 3.8) is 0 Å². The van der Waals surface area contributed by atoms with Crippen LogP contribution in [0.25, 0.3) is 0 Å². The Hall–Kier alpha value is -1.63. The predicted octanol–water partition coefficient (Wildman–Crippen LogP) is 1.54. The summed E-state index contributed by atoms with van der Waals surface area (Å²) >= 11 is 0. The van der Waals surface area contributed by atoms with E-state index >= 15 is 0 Å². The summed E-state index contributed by atoms with van der Waals surface area (Å²) in [7, 11) is 1.64. The van der Waals surface area contributed by atoms with Gasteiger partial charge in [0.2, 0.25) is 5.91 Å². The third kappa shape index (κ3) is 4.47. The molecule has 1 N–H and O–H groups in total. The monoisotopic (exact) mass is 334 g/mol. The van der Waals surface area contributed by atoms with Crippen LogP contribution < -0.4 is 10.1 Å². The molecular weight excluding hydrogens is 308 g/mol. The lowest BCUT2D eigenvalue weighted by Gasteiger charge is -2.37. The molecule has 1 aromatic carbocycles. The van der Waals surface area contributed by atoms with Gasteiger partial charge in [0.05, 0.1) is 20.3 Å². The quantitative estimate of drug-likeness (QED) is 0.855. The van der Waals surface area contributed by atoms with Crippen molar-refractivity contribution in [3.05, 3.63) is 29.8 Å². The number of piperidine rings is 1. The number of nitrogens with zero attached hydrogens (tertiary/aromatic N) is 1. The molecule has 2 aliphatic heterocycles. The summed E-state index contributed by atoms with van der Waals surface area (Å²) in [6.45, 7) is 4.58. The second-order valence-electron chi connectivity index (χ2n) is 6.32. The number of likely N-dealkylation sites (tertiary alicyclic amines) is 1. The molecule has 24 heavy (non-hydrogen) atoms. The number of carbonyl (C=O) groups is 1. The third-order valence-electron chi connectivity index (χ3n) is 4.74. The molecule has 0 saturated carbocycles. The van der Waals surface area contributed by atoms with Crippen LogP contribution in [-0.2, 0) is 20.8 Å². The zero-order chi connectivity index (χ0) is 16.8. The average Bonchev–Trinajstić information content (AvgIpc) is 3.08. The van der Waals surface area contributed by atoms with Crippen molar-refractivity contribution in [2.75, 3.05) is 40.0 Å². The molecule has 2 aliphatic rings. The van der Waals surface area contributed by atoms with Gasteiger partial charge in [-0.05, 0) is 17.7 Å². The number of benzene rings is 1. The van der Waals surface area contributed by atoms with Crippen molar-refractivity contribution in [1.29, 1.82) is 0 Å². The second kappa shape index (κ2) is 7.96. The van der Waals surface area contributed by atoms with Crippen molar-refractivity contribution >= 4 is 5.91 Å². The maximum atomic E-state index is 12.0. The molecule has 2 heterocycles.